The van der Waals surface area contributed by atoms with Crippen LogP contribution in [0.15, 0.2) is 12.1 Å². The van der Waals surface area contributed by atoms with E-state index in [1.54, 1.807) is 0 Å². The number of hydrogen-bond donors (Lipinski definition) is 0. The van der Waals surface area contributed by atoms with Crippen molar-refractivity contribution in [2.24, 2.45) is 0 Å². The van der Waals surface area contributed by atoms with Crippen LogP contribution in [0.3, 0.4) is 0 Å². The van der Waals surface area contributed by atoms with Crippen LogP contribution in [0.25, 0.3) is 0 Å². The molecule has 0 aliphatic rings. The van der Waals surface area contributed by atoms with E-state index in [-0.39, 0.29) is 10.9 Å². The summed E-state index contributed by atoms with van der Waals surface area (Å²) in [5.74, 6) is 0. The molecule has 7 heteroatoms. The highest BCUT2D eigenvalue weighted by Crippen LogP contribution is 2.42. The third kappa shape index (κ3) is 3.14. The third-order valence-corrected chi connectivity index (χ3v) is 2.79. The Morgan fingerprint density at radius 1 is 1.00 bits per heavy atom. The van der Waals surface area contributed by atoms with Crippen LogP contribution >= 0.6 is 15.9 Å². The van der Waals surface area contributed by atoms with Gasteiger partial charge < -0.3 is 0 Å². The molecule has 0 heterocycles. The third-order valence-electron chi connectivity index (χ3n) is 2.14. The molecule has 0 radical (unpaired) electrons. The molecule has 0 saturated carbocycles. The normalized spacial score (nSPS) is 12.9. The second-order valence-electron chi connectivity index (χ2n) is 3.46. The lowest BCUT2D eigenvalue weighted by molar-refractivity contribution is -0.162. The zero-order chi connectivity index (χ0) is 13.4. The zero-order valence-corrected chi connectivity index (χ0v) is 10.1. The van der Waals surface area contributed by atoms with Gasteiger partial charge in [0.25, 0.3) is 0 Å². The summed E-state index contributed by atoms with van der Waals surface area (Å²) in [5.41, 5.74) is -3.53. The van der Waals surface area contributed by atoms with E-state index in [0.717, 1.165) is 13.0 Å². The van der Waals surface area contributed by atoms with Gasteiger partial charge in [0.05, 0.1) is 11.1 Å². The fraction of sp³-hybridized carbons (Fsp3) is 0.400. The fourth-order valence-corrected chi connectivity index (χ4v) is 1.86. The summed E-state index contributed by atoms with van der Waals surface area (Å²) in [6.07, 6.45) is -10.0. The molecular weight excluding hydrogens is 314 g/mol. The minimum atomic E-state index is -5.02. The molecule has 1 aromatic carbocycles. The van der Waals surface area contributed by atoms with Crippen molar-refractivity contribution in [3.05, 3.63) is 34.4 Å². The summed E-state index contributed by atoms with van der Waals surface area (Å²) in [4.78, 5) is 0. The molecule has 0 bridgehead atoms. The summed E-state index contributed by atoms with van der Waals surface area (Å²) in [7, 11) is 0. The molecule has 0 N–H and O–H groups in total. The van der Waals surface area contributed by atoms with Crippen molar-refractivity contribution in [3.8, 4) is 0 Å². The van der Waals surface area contributed by atoms with E-state index in [1.165, 1.54) is 0 Å². The molecule has 0 amide bonds. The van der Waals surface area contributed by atoms with Gasteiger partial charge in [0.1, 0.15) is 0 Å². The fourth-order valence-electron chi connectivity index (χ4n) is 1.54. The lowest BCUT2D eigenvalue weighted by Gasteiger charge is -2.18. The van der Waals surface area contributed by atoms with Crippen LogP contribution in [0.4, 0.5) is 26.3 Å². The van der Waals surface area contributed by atoms with E-state index < -0.39 is 29.0 Å². The first-order valence-corrected chi connectivity index (χ1v) is 5.53. The van der Waals surface area contributed by atoms with Gasteiger partial charge in [0.15, 0.2) is 0 Å². The molecule has 0 aromatic heterocycles. The van der Waals surface area contributed by atoms with E-state index in [1.807, 2.05) is 0 Å². The van der Waals surface area contributed by atoms with E-state index >= 15 is 0 Å². The molecule has 17 heavy (non-hydrogen) atoms. The molecular formula is C10H7BrF6. The van der Waals surface area contributed by atoms with Crippen molar-refractivity contribution in [1.29, 1.82) is 0 Å². The summed E-state index contributed by atoms with van der Waals surface area (Å²) in [6.45, 7) is 1.02. The van der Waals surface area contributed by atoms with Gasteiger partial charge in [0.2, 0.25) is 0 Å². The average Bonchev–Trinajstić information content (AvgIpc) is 2.12. The molecule has 0 unspecified atom stereocenters. The molecule has 0 saturated heterocycles. The Kier molecular flexibility index (Phi) is 3.81. The molecule has 0 aliphatic carbocycles. The second kappa shape index (κ2) is 4.51. The van der Waals surface area contributed by atoms with Gasteiger partial charge in [-0.05, 0) is 24.1 Å². The van der Waals surface area contributed by atoms with Crippen LogP contribution in [0, 0.1) is 6.92 Å². The maximum absolute atomic E-state index is 12.6. The smallest absolute Gasteiger partial charge is 0.166 e. The lowest BCUT2D eigenvalue weighted by atomic mass is 9.98. The van der Waals surface area contributed by atoms with Crippen LogP contribution in [-0.2, 0) is 17.7 Å². The van der Waals surface area contributed by atoms with Crippen LogP contribution in [0.5, 0.6) is 0 Å². The zero-order valence-electron chi connectivity index (χ0n) is 8.51. The van der Waals surface area contributed by atoms with Crippen molar-refractivity contribution in [2.75, 3.05) is 0 Å². The first kappa shape index (κ1) is 14.3. The average molecular weight is 321 g/mol. The Morgan fingerprint density at radius 2 is 1.53 bits per heavy atom. The number of rotatable bonds is 1. The molecule has 0 spiro atoms. The minimum Gasteiger partial charge on any atom is -0.166 e. The quantitative estimate of drug-likeness (QED) is 0.508. The summed E-state index contributed by atoms with van der Waals surface area (Å²) >= 11 is 2.92. The van der Waals surface area contributed by atoms with Crippen molar-refractivity contribution < 1.29 is 26.3 Å². The molecule has 0 nitrogen and oxygen atoms in total. The predicted molar refractivity (Wildman–Crippen MR) is 53.8 cm³/mol. The summed E-state index contributed by atoms with van der Waals surface area (Å²) in [5, 5.41) is 0.0645. The number of alkyl halides is 7. The summed E-state index contributed by atoms with van der Waals surface area (Å²) in [6, 6.07) is 1.61. The topological polar surface area (TPSA) is 0 Å². The van der Waals surface area contributed by atoms with Gasteiger partial charge in [0, 0.05) is 5.33 Å². The van der Waals surface area contributed by atoms with Crippen molar-refractivity contribution in [2.45, 2.75) is 24.6 Å². The largest absolute Gasteiger partial charge is 0.417 e. The number of halogens is 7. The maximum atomic E-state index is 12.6. The second-order valence-corrected chi connectivity index (χ2v) is 4.03. The molecule has 96 valence electrons. The van der Waals surface area contributed by atoms with Gasteiger partial charge in [-0.3, -0.25) is 0 Å². The van der Waals surface area contributed by atoms with Gasteiger partial charge in [-0.2, -0.15) is 26.3 Å². The number of aryl methyl sites for hydroxylation is 1. The minimum absolute atomic E-state index is 0.0645. The highest BCUT2D eigenvalue weighted by atomic mass is 79.9. The first-order valence-electron chi connectivity index (χ1n) is 4.41. The standard InChI is InChI=1S/C10H7BrF6/c1-5-2-6(4-11)3-7(9(12,13)14)8(5)10(15,16)17/h2-3H,4H2,1H3. The van der Waals surface area contributed by atoms with Crippen LogP contribution in [0.2, 0.25) is 0 Å². The highest BCUT2D eigenvalue weighted by molar-refractivity contribution is 9.08. The number of benzene rings is 1. The lowest BCUT2D eigenvalue weighted by Crippen LogP contribution is -2.18. The van der Waals surface area contributed by atoms with Crippen LogP contribution in [-0.4, -0.2) is 0 Å². The van der Waals surface area contributed by atoms with Crippen molar-refractivity contribution in [3.63, 3.8) is 0 Å². The Bertz CT molecular complexity index is 418. The van der Waals surface area contributed by atoms with E-state index in [2.05, 4.69) is 15.9 Å². The monoisotopic (exact) mass is 320 g/mol. The Hall–Kier alpha value is -0.720. The maximum Gasteiger partial charge on any atom is 0.417 e. The van der Waals surface area contributed by atoms with E-state index in [9.17, 15) is 26.3 Å². The van der Waals surface area contributed by atoms with Gasteiger partial charge in [-0.15, -0.1) is 0 Å². The predicted octanol–water partition coefficient (Wildman–Crippen LogP) is 4.93. The van der Waals surface area contributed by atoms with Gasteiger partial charge in [-0.1, -0.05) is 22.0 Å². The molecule has 1 rings (SSSR count). The number of hydrogen-bond acceptors (Lipinski definition) is 0. The van der Waals surface area contributed by atoms with Crippen molar-refractivity contribution >= 4 is 15.9 Å². The highest BCUT2D eigenvalue weighted by Gasteiger charge is 2.44. The van der Waals surface area contributed by atoms with E-state index in [0.29, 0.717) is 6.07 Å². The van der Waals surface area contributed by atoms with Gasteiger partial charge >= 0.3 is 12.4 Å². The Labute approximate surface area is 102 Å². The SMILES string of the molecule is Cc1cc(CBr)cc(C(F)(F)F)c1C(F)(F)F. The Morgan fingerprint density at radius 3 is 1.88 bits per heavy atom. The summed E-state index contributed by atoms with van der Waals surface area (Å²) < 4.78 is 75.4. The van der Waals surface area contributed by atoms with Crippen LogP contribution < -0.4 is 0 Å². The van der Waals surface area contributed by atoms with E-state index in [4.69, 9.17) is 0 Å². The molecule has 0 fully saturated rings. The van der Waals surface area contributed by atoms with Gasteiger partial charge in [-0.25, -0.2) is 0 Å². The molecule has 1 aromatic rings. The molecule has 0 atom stereocenters. The van der Waals surface area contributed by atoms with Crippen LogP contribution in [0.1, 0.15) is 22.3 Å². The molecule has 0 aliphatic heterocycles. The Balaban J connectivity index is 3.58. The first-order chi connectivity index (χ1) is 7.57. The van der Waals surface area contributed by atoms with Crippen molar-refractivity contribution in [1.82, 2.24) is 0 Å².